The smallest absolute Gasteiger partial charge is 0.309 e. The van der Waals surface area contributed by atoms with Crippen molar-refractivity contribution in [3.63, 3.8) is 0 Å². The van der Waals surface area contributed by atoms with Gasteiger partial charge in [0.1, 0.15) is 12.9 Å². The second-order valence-electron chi connectivity index (χ2n) is 5.13. The minimum Gasteiger partial charge on any atom is -0.461 e. The first kappa shape index (κ1) is 13.7. The fraction of sp³-hybridized carbons (Fsp3) is 0.467. The van der Waals surface area contributed by atoms with Crippen LogP contribution in [-0.4, -0.2) is 23.0 Å². The lowest BCUT2D eigenvalue weighted by atomic mass is 9.97. The molecule has 1 aliphatic carbocycles. The summed E-state index contributed by atoms with van der Waals surface area (Å²) in [6.45, 7) is 0.252. The summed E-state index contributed by atoms with van der Waals surface area (Å²) in [5.41, 5.74) is -0.0740. The Balaban J connectivity index is 1.83. The number of aliphatic hydroxyl groups is 1. The van der Waals surface area contributed by atoms with Gasteiger partial charge in [-0.3, -0.25) is 4.79 Å². The van der Waals surface area contributed by atoms with Gasteiger partial charge in [-0.15, -0.1) is 0 Å². The molecule has 102 valence electrons. The quantitative estimate of drug-likeness (QED) is 0.649. The number of rotatable bonds is 5. The Hall–Kier alpha value is -1.68. The lowest BCUT2D eigenvalue weighted by Gasteiger charge is -2.19. The van der Waals surface area contributed by atoms with Crippen molar-refractivity contribution in [2.24, 2.45) is 5.92 Å². The van der Waals surface area contributed by atoms with Crippen molar-refractivity contribution in [2.75, 3.05) is 0 Å². The third-order valence-corrected chi connectivity index (χ3v) is 3.61. The molecule has 0 radical (unpaired) electrons. The van der Waals surface area contributed by atoms with Gasteiger partial charge in [-0.1, -0.05) is 30.3 Å². The monoisotopic (exact) mass is 262 g/mol. The van der Waals surface area contributed by atoms with Crippen molar-refractivity contribution in [2.45, 2.75) is 37.9 Å². The predicted molar refractivity (Wildman–Crippen MR) is 69.2 cm³/mol. The molecule has 0 amide bonds. The van der Waals surface area contributed by atoms with E-state index in [0.29, 0.717) is 25.5 Å². The van der Waals surface area contributed by atoms with Crippen molar-refractivity contribution in [1.29, 1.82) is 0 Å². The first-order valence-electron chi connectivity index (χ1n) is 6.49. The van der Waals surface area contributed by atoms with E-state index in [0.717, 1.165) is 5.56 Å². The summed E-state index contributed by atoms with van der Waals surface area (Å²) in [4.78, 5) is 22.4. The van der Waals surface area contributed by atoms with Crippen molar-refractivity contribution >= 4 is 12.3 Å². The minimum atomic E-state index is -1.02. The molecule has 1 fully saturated rings. The normalized spacial score (nSPS) is 26.1. The van der Waals surface area contributed by atoms with Crippen LogP contribution in [-0.2, 0) is 20.9 Å². The summed E-state index contributed by atoms with van der Waals surface area (Å²) < 4.78 is 5.25. The molecule has 1 aromatic carbocycles. The van der Waals surface area contributed by atoms with Gasteiger partial charge in [0.2, 0.25) is 0 Å². The Morgan fingerprint density at radius 3 is 2.84 bits per heavy atom. The Labute approximate surface area is 112 Å². The number of carbonyl (C=O) groups is 2. The summed E-state index contributed by atoms with van der Waals surface area (Å²) in [5, 5.41) is 10.1. The van der Waals surface area contributed by atoms with E-state index in [1.807, 2.05) is 30.3 Å². The maximum absolute atomic E-state index is 11.9. The molecule has 1 aromatic rings. The van der Waals surface area contributed by atoms with Crippen LogP contribution in [0.5, 0.6) is 0 Å². The molecule has 4 heteroatoms. The van der Waals surface area contributed by atoms with E-state index in [-0.39, 0.29) is 24.9 Å². The predicted octanol–water partition coefficient (Wildman–Crippen LogP) is 1.85. The molecule has 2 atom stereocenters. The zero-order valence-corrected chi connectivity index (χ0v) is 10.7. The molecule has 4 nitrogen and oxygen atoms in total. The number of benzene rings is 1. The van der Waals surface area contributed by atoms with Crippen LogP contribution < -0.4 is 0 Å². The fourth-order valence-electron chi connectivity index (χ4n) is 2.49. The average molecular weight is 262 g/mol. The van der Waals surface area contributed by atoms with E-state index >= 15 is 0 Å². The van der Waals surface area contributed by atoms with Crippen molar-refractivity contribution in [1.82, 2.24) is 0 Å². The van der Waals surface area contributed by atoms with Gasteiger partial charge in [0.25, 0.3) is 0 Å². The highest BCUT2D eigenvalue weighted by Crippen LogP contribution is 2.37. The molecule has 0 heterocycles. The van der Waals surface area contributed by atoms with Crippen LogP contribution in [0.2, 0.25) is 0 Å². The highest BCUT2D eigenvalue weighted by atomic mass is 16.5. The number of esters is 1. The summed E-state index contributed by atoms with van der Waals surface area (Å²) in [6, 6.07) is 9.47. The first-order valence-corrected chi connectivity index (χ1v) is 6.49. The molecule has 0 aliphatic heterocycles. The highest BCUT2D eigenvalue weighted by molar-refractivity contribution is 5.73. The summed E-state index contributed by atoms with van der Waals surface area (Å²) in [6.07, 6.45) is 2.18. The molecule has 1 aliphatic rings. The molecule has 1 N–H and O–H groups in total. The standard InChI is InChI=1S/C15H18O4/c16-9-8-15(18)7-6-13(10-15)14(17)19-11-12-4-2-1-3-5-12/h1-5,9,13,18H,6-8,10-11H2/t13-,15?/m1/s1. The van der Waals surface area contributed by atoms with Crippen LogP contribution >= 0.6 is 0 Å². The molecule has 0 saturated heterocycles. The molecule has 1 unspecified atom stereocenters. The Bertz CT molecular complexity index is 443. The van der Waals surface area contributed by atoms with Gasteiger partial charge in [0, 0.05) is 6.42 Å². The first-order chi connectivity index (χ1) is 9.13. The third kappa shape index (κ3) is 3.64. The van der Waals surface area contributed by atoms with Crippen LogP contribution in [0.25, 0.3) is 0 Å². The summed E-state index contributed by atoms with van der Waals surface area (Å²) in [5.74, 6) is -0.584. The lowest BCUT2D eigenvalue weighted by Crippen LogP contribution is -2.26. The van der Waals surface area contributed by atoms with Crippen molar-refractivity contribution in [3.8, 4) is 0 Å². The number of hydrogen-bond donors (Lipinski definition) is 1. The number of aldehydes is 1. The van der Waals surface area contributed by atoms with Gasteiger partial charge in [-0.25, -0.2) is 0 Å². The van der Waals surface area contributed by atoms with Gasteiger partial charge in [0.15, 0.2) is 0 Å². The lowest BCUT2D eigenvalue weighted by molar-refractivity contribution is -0.150. The van der Waals surface area contributed by atoms with Gasteiger partial charge in [-0.05, 0) is 24.8 Å². The van der Waals surface area contributed by atoms with Crippen LogP contribution in [0, 0.1) is 5.92 Å². The zero-order chi connectivity index (χ0) is 13.7. The van der Waals surface area contributed by atoms with Gasteiger partial charge < -0.3 is 14.6 Å². The van der Waals surface area contributed by atoms with Gasteiger partial charge in [0.05, 0.1) is 11.5 Å². The van der Waals surface area contributed by atoms with Gasteiger partial charge >= 0.3 is 5.97 Å². The molecule has 2 rings (SSSR count). The molecule has 0 aromatic heterocycles. The number of hydrogen-bond acceptors (Lipinski definition) is 4. The molecule has 0 spiro atoms. The van der Waals surface area contributed by atoms with Crippen LogP contribution in [0.15, 0.2) is 30.3 Å². The summed E-state index contributed by atoms with van der Waals surface area (Å²) >= 11 is 0. The fourth-order valence-corrected chi connectivity index (χ4v) is 2.49. The third-order valence-electron chi connectivity index (χ3n) is 3.61. The molecular formula is C15H18O4. The van der Waals surface area contributed by atoms with Crippen LogP contribution in [0.3, 0.4) is 0 Å². The maximum atomic E-state index is 11.9. The number of ether oxygens (including phenoxy) is 1. The van der Waals surface area contributed by atoms with E-state index in [2.05, 4.69) is 0 Å². The van der Waals surface area contributed by atoms with E-state index in [4.69, 9.17) is 4.74 Å². The second-order valence-corrected chi connectivity index (χ2v) is 5.13. The molecule has 1 saturated carbocycles. The largest absolute Gasteiger partial charge is 0.461 e. The Morgan fingerprint density at radius 1 is 1.42 bits per heavy atom. The second kappa shape index (κ2) is 5.97. The Kier molecular flexibility index (Phi) is 4.32. The Morgan fingerprint density at radius 2 is 2.16 bits per heavy atom. The van der Waals surface area contributed by atoms with Crippen molar-refractivity contribution < 1.29 is 19.4 Å². The van der Waals surface area contributed by atoms with E-state index in [1.54, 1.807) is 0 Å². The molecule has 19 heavy (non-hydrogen) atoms. The highest BCUT2D eigenvalue weighted by Gasteiger charge is 2.40. The number of carbonyl (C=O) groups excluding carboxylic acids is 2. The maximum Gasteiger partial charge on any atom is 0.309 e. The van der Waals surface area contributed by atoms with Gasteiger partial charge in [-0.2, -0.15) is 0 Å². The minimum absolute atomic E-state index is 0.0927. The van der Waals surface area contributed by atoms with Crippen molar-refractivity contribution in [3.05, 3.63) is 35.9 Å². The van der Waals surface area contributed by atoms with Crippen LogP contribution in [0.1, 0.15) is 31.2 Å². The topological polar surface area (TPSA) is 63.6 Å². The van der Waals surface area contributed by atoms with E-state index in [9.17, 15) is 14.7 Å². The van der Waals surface area contributed by atoms with E-state index in [1.165, 1.54) is 0 Å². The van der Waals surface area contributed by atoms with Crippen LogP contribution in [0.4, 0.5) is 0 Å². The summed E-state index contributed by atoms with van der Waals surface area (Å²) in [7, 11) is 0. The zero-order valence-electron chi connectivity index (χ0n) is 10.7. The van der Waals surface area contributed by atoms with E-state index < -0.39 is 5.60 Å². The SMILES string of the molecule is O=CCC1(O)CC[C@@H](C(=O)OCc2ccccc2)C1. The molecule has 0 bridgehead atoms. The molecular weight excluding hydrogens is 244 g/mol. The average Bonchev–Trinajstić information content (AvgIpc) is 2.80.